The van der Waals surface area contributed by atoms with Crippen LogP contribution in [-0.4, -0.2) is 36.5 Å². The lowest BCUT2D eigenvalue weighted by Crippen LogP contribution is -2.36. The number of hydrogen-bond acceptors (Lipinski definition) is 4. The Morgan fingerprint density at radius 2 is 2.05 bits per heavy atom. The molecule has 0 aromatic carbocycles. The van der Waals surface area contributed by atoms with Gasteiger partial charge in [-0.05, 0) is 45.1 Å². The van der Waals surface area contributed by atoms with Crippen LogP contribution in [0.5, 0.6) is 0 Å². The molecule has 0 spiro atoms. The number of likely N-dealkylation sites (N-methyl/N-ethyl adjacent to an activating group) is 1. The van der Waals surface area contributed by atoms with E-state index in [2.05, 4.69) is 0 Å². The first-order valence-electron chi connectivity index (χ1n) is 7.21. The van der Waals surface area contributed by atoms with Gasteiger partial charge in [-0.2, -0.15) is 0 Å². The van der Waals surface area contributed by atoms with E-state index in [9.17, 15) is 9.59 Å². The Morgan fingerprint density at radius 1 is 1.30 bits per heavy atom. The maximum absolute atomic E-state index is 12.6. The van der Waals surface area contributed by atoms with E-state index in [1.54, 1.807) is 23.2 Å². The second-order valence-corrected chi connectivity index (χ2v) is 5.85. The van der Waals surface area contributed by atoms with Gasteiger partial charge in [-0.3, -0.25) is 9.59 Å². The average molecular weight is 295 g/mol. The van der Waals surface area contributed by atoms with Gasteiger partial charge in [-0.15, -0.1) is 11.3 Å². The van der Waals surface area contributed by atoms with Crippen LogP contribution in [-0.2, 0) is 22.4 Å². The van der Waals surface area contributed by atoms with Crippen LogP contribution in [0.15, 0.2) is 5.38 Å². The van der Waals surface area contributed by atoms with Crippen molar-refractivity contribution in [3.8, 4) is 0 Å². The van der Waals surface area contributed by atoms with Crippen LogP contribution in [0.25, 0.3) is 0 Å². The fourth-order valence-electron chi connectivity index (χ4n) is 2.53. The SMILES string of the molecule is CCOC(=O)CN(CC)C(=O)c1csc2c1CCCC2. The van der Waals surface area contributed by atoms with Crippen molar-refractivity contribution in [3.05, 3.63) is 21.4 Å². The number of amides is 1. The molecule has 1 aromatic heterocycles. The highest BCUT2D eigenvalue weighted by Gasteiger charge is 2.24. The van der Waals surface area contributed by atoms with Gasteiger partial charge in [0.1, 0.15) is 6.54 Å². The van der Waals surface area contributed by atoms with Gasteiger partial charge in [0, 0.05) is 16.8 Å². The Balaban J connectivity index is 2.12. The molecule has 1 aliphatic carbocycles. The monoisotopic (exact) mass is 295 g/mol. The first-order chi connectivity index (χ1) is 9.67. The zero-order valence-electron chi connectivity index (χ0n) is 12.1. The van der Waals surface area contributed by atoms with E-state index in [0.29, 0.717) is 13.2 Å². The van der Waals surface area contributed by atoms with Crippen LogP contribution in [0, 0.1) is 0 Å². The molecule has 1 aliphatic rings. The highest BCUT2D eigenvalue weighted by Crippen LogP contribution is 2.30. The number of carbonyl (C=O) groups is 2. The van der Waals surface area contributed by atoms with Gasteiger partial charge in [-0.1, -0.05) is 0 Å². The van der Waals surface area contributed by atoms with Crippen molar-refractivity contribution in [2.75, 3.05) is 19.7 Å². The van der Waals surface area contributed by atoms with E-state index in [1.807, 2.05) is 12.3 Å². The molecule has 0 aliphatic heterocycles. The molecule has 2 rings (SSSR count). The standard InChI is InChI=1S/C15H21NO3S/c1-3-16(9-14(17)19-4-2)15(18)12-10-20-13-8-6-5-7-11(12)13/h10H,3-9H2,1-2H3. The van der Waals surface area contributed by atoms with Crippen molar-refractivity contribution in [3.63, 3.8) is 0 Å². The minimum absolute atomic E-state index is 0.0355. The molecule has 0 saturated heterocycles. The number of ether oxygens (including phenoxy) is 1. The molecule has 1 heterocycles. The van der Waals surface area contributed by atoms with Crippen LogP contribution in [0.1, 0.15) is 47.5 Å². The Bertz CT molecular complexity index is 495. The predicted octanol–water partition coefficient (Wildman–Crippen LogP) is 2.65. The van der Waals surface area contributed by atoms with Gasteiger partial charge in [0.15, 0.2) is 0 Å². The molecule has 0 saturated carbocycles. The first kappa shape index (κ1) is 15.0. The van der Waals surface area contributed by atoms with E-state index in [1.165, 1.54) is 16.9 Å². The molecule has 20 heavy (non-hydrogen) atoms. The Hall–Kier alpha value is -1.36. The summed E-state index contributed by atoms with van der Waals surface area (Å²) in [7, 11) is 0. The van der Waals surface area contributed by atoms with Crippen molar-refractivity contribution in [2.24, 2.45) is 0 Å². The summed E-state index contributed by atoms with van der Waals surface area (Å²) in [5.74, 6) is -0.383. The molecule has 0 unspecified atom stereocenters. The van der Waals surface area contributed by atoms with Crippen molar-refractivity contribution in [2.45, 2.75) is 39.5 Å². The van der Waals surface area contributed by atoms with Crippen LogP contribution in [0.4, 0.5) is 0 Å². The highest BCUT2D eigenvalue weighted by molar-refractivity contribution is 7.10. The lowest BCUT2D eigenvalue weighted by Gasteiger charge is -2.21. The summed E-state index contributed by atoms with van der Waals surface area (Å²) in [4.78, 5) is 27.0. The maximum Gasteiger partial charge on any atom is 0.325 e. The van der Waals surface area contributed by atoms with Gasteiger partial charge in [-0.25, -0.2) is 0 Å². The number of carbonyl (C=O) groups excluding carboxylic acids is 2. The largest absolute Gasteiger partial charge is 0.465 e. The zero-order chi connectivity index (χ0) is 14.5. The highest BCUT2D eigenvalue weighted by atomic mass is 32.1. The molecule has 1 aromatic rings. The molecule has 0 bridgehead atoms. The number of esters is 1. The van der Waals surface area contributed by atoms with Crippen LogP contribution < -0.4 is 0 Å². The Labute approximate surface area is 123 Å². The second-order valence-electron chi connectivity index (χ2n) is 4.88. The third kappa shape index (κ3) is 3.20. The van der Waals surface area contributed by atoms with Crippen molar-refractivity contribution in [1.29, 1.82) is 0 Å². The number of fused-ring (bicyclic) bond motifs is 1. The summed E-state index contributed by atoms with van der Waals surface area (Å²) in [6.45, 7) is 4.55. The maximum atomic E-state index is 12.6. The normalized spacial score (nSPS) is 13.7. The first-order valence-corrected chi connectivity index (χ1v) is 8.09. The molecule has 4 nitrogen and oxygen atoms in total. The lowest BCUT2D eigenvalue weighted by atomic mass is 9.95. The smallest absolute Gasteiger partial charge is 0.325 e. The summed E-state index contributed by atoms with van der Waals surface area (Å²) in [6, 6.07) is 0. The summed E-state index contributed by atoms with van der Waals surface area (Å²) >= 11 is 1.67. The van der Waals surface area contributed by atoms with E-state index >= 15 is 0 Å². The topological polar surface area (TPSA) is 46.6 Å². The second kappa shape index (κ2) is 6.88. The number of aryl methyl sites for hydroxylation is 1. The molecule has 0 N–H and O–H groups in total. The summed E-state index contributed by atoms with van der Waals surface area (Å²) < 4.78 is 4.92. The van der Waals surface area contributed by atoms with Crippen molar-refractivity contribution in [1.82, 2.24) is 4.90 Å². The summed E-state index contributed by atoms with van der Waals surface area (Å²) in [5.41, 5.74) is 1.99. The fourth-order valence-corrected chi connectivity index (χ4v) is 3.65. The number of thiophene rings is 1. The molecule has 0 radical (unpaired) electrons. The quantitative estimate of drug-likeness (QED) is 0.785. The summed E-state index contributed by atoms with van der Waals surface area (Å²) in [6.07, 6.45) is 4.42. The average Bonchev–Trinajstić information content (AvgIpc) is 2.88. The van der Waals surface area contributed by atoms with E-state index in [-0.39, 0.29) is 18.4 Å². The molecule has 5 heteroatoms. The molecule has 0 atom stereocenters. The molecule has 1 amide bonds. The van der Waals surface area contributed by atoms with Gasteiger partial charge in [0.25, 0.3) is 5.91 Å². The third-order valence-corrected chi connectivity index (χ3v) is 4.67. The molecular weight excluding hydrogens is 274 g/mol. The van der Waals surface area contributed by atoms with Gasteiger partial charge in [0.05, 0.1) is 12.2 Å². The lowest BCUT2D eigenvalue weighted by molar-refractivity contribution is -0.143. The molecule has 110 valence electrons. The summed E-state index contributed by atoms with van der Waals surface area (Å²) in [5, 5.41) is 1.95. The Kier molecular flexibility index (Phi) is 5.17. The van der Waals surface area contributed by atoms with Crippen molar-refractivity contribution >= 4 is 23.2 Å². The van der Waals surface area contributed by atoms with Crippen LogP contribution >= 0.6 is 11.3 Å². The van der Waals surface area contributed by atoms with E-state index in [0.717, 1.165) is 24.8 Å². The number of nitrogens with zero attached hydrogens (tertiary/aromatic N) is 1. The van der Waals surface area contributed by atoms with E-state index in [4.69, 9.17) is 4.74 Å². The van der Waals surface area contributed by atoms with Crippen molar-refractivity contribution < 1.29 is 14.3 Å². The van der Waals surface area contributed by atoms with Crippen LogP contribution in [0.2, 0.25) is 0 Å². The Morgan fingerprint density at radius 3 is 2.75 bits per heavy atom. The van der Waals surface area contributed by atoms with Gasteiger partial charge < -0.3 is 9.64 Å². The fraction of sp³-hybridized carbons (Fsp3) is 0.600. The minimum atomic E-state index is -0.341. The number of rotatable bonds is 5. The van der Waals surface area contributed by atoms with Gasteiger partial charge in [0.2, 0.25) is 0 Å². The zero-order valence-corrected chi connectivity index (χ0v) is 12.9. The third-order valence-electron chi connectivity index (χ3n) is 3.59. The van der Waals surface area contributed by atoms with Gasteiger partial charge >= 0.3 is 5.97 Å². The number of hydrogen-bond donors (Lipinski definition) is 0. The molecule has 0 fully saturated rings. The van der Waals surface area contributed by atoms with E-state index < -0.39 is 0 Å². The minimum Gasteiger partial charge on any atom is -0.465 e. The van der Waals surface area contributed by atoms with Crippen LogP contribution in [0.3, 0.4) is 0 Å². The molecular formula is C15H21NO3S. The predicted molar refractivity (Wildman–Crippen MR) is 79.2 cm³/mol.